The molecule has 108 valence electrons. The molecule has 0 bridgehead atoms. The number of aromatic amines is 1. The van der Waals surface area contributed by atoms with Crippen LogP contribution in [0, 0.1) is 0 Å². The molecule has 4 heteroatoms. The van der Waals surface area contributed by atoms with Gasteiger partial charge in [-0.15, -0.1) is 0 Å². The van der Waals surface area contributed by atoms with Gasteiger partial charge in [0.1, 0.15) is 0 Å². The van der Waals surface area contributed by atoms with Crippen molar-refractivity contribution in [1.82, 2.24) is 10.3 Å². The van der Waals surface area contributed by atoms with E-state index in [1.54, 1.807) is 0 Å². The van der Waals surface area contributed by atoms with Gasteiger partial charge in [0.2, 0.25) is 5.91 Å². The molecule has 1 aromatic heterocycles. The standard InChI is InChI=1S/C16H21ClN2O/c1-4-5-8-18-15(20)16(2,3)13-10-19-14-9-11(17)6-7-12(13)14/h6-7,9-10,19H,4-5,8H2,1-3H3,(H,18,20). The molecule has 0 unspecified atom stereocenters. The Labute approximate surface area is 124 Å². The molecule has 0 saturated heterocycles. The molecule has 1 heterocycles. The second-order valence-electron chi connectivity index (χ2n) is 5.63. The lowest BCUT2D eigenvalue weighted by Gasteiger charge is -2.23. The molecule has 1 aromatic carbocycles. The second kappa shape index (κ2) is 5.88. The van der Waals surface area contributed by atoms with Crippen molar-refractivity contribution >= 4 is 28.4 Å². The highest BCUT2D eigenvalue weighted by Crippen LogP contribution is 2.31. The SMILES string of the molecule is CCCCNC(=O)C(C)(C)c1c[nH]c2cc(Cl)ccc12. The Balaban J connectivity index is 2.29. The van der Waals surface area contributed by atoms with E-state index >= 15 is 0 Å². The quantitative estimate of drug-likeness (QED) is 0.803. The molecule has 2 aromatic rings. The third kappa shape index (κ3) is 2.83. The number of hydrogen-bond acceptors (Lipinski definition) is 1. The van der Waals surface area contributed by atoms with Crippen molar-refractivity contribution in [2.75, 3.05) is 6.54 Å². The Morgan fingerprint density at radius 1 is 1.40 bits per heavy atom. The van der Waals surface area contributed by atoms with Gasteiger partial charge in [0, 0.05) is 28.7 Å². The number of unbranched alkanes of at least 4 members (excludes halogenated alkanes) is 1. The number of benzene rings is 1. The summed E-state index contributed by atoms with van der Waals surface area (Å²) in [5.74, 6) is 0.0572. The third-order valence-corrected chi connectivity index (χ3v) is 3.94. The molecule has 0 atom stereocenters. The first-order valence-corrected chi connectivity index (χ1v) is 7.40. The van der Waals surface area contributed by atoms with Crippen LogP contribution in [0.25, 0.3) is 10.9 Å². The molecule has 1 amide bonds. The zero-order valence-electron chi connectivity index (χ0n) is 12.2. The minimum atomic E-state index is -0.570. The van der Waals surface area contributed by atoms with Crippen LogP contribution in [0.15, 0.2) is 24.4 Å². The minimum absolute atomic E-state index is 0.0572. The van der Waals surface area contributed by atoms with Crippen LogP contribution in [-0.4, -0.2) is 17.4 Å². The van der Waals surface area contributed by atoms with Crippen LogP contribution < -0.4 is 5.32 Å². The number of carbonyl (C=O) groups excluding carboxylic acids is 1. The van der Waals surface area contributed by atoms with Crippen LogP contribution in [0.1, 0.15) is 39.2 Å². The molecule has 3 nitrogen and oxygen atoms in total. The van der Waals surface area contributed by atoms with Crippen LogP contribution in [-0.2, 0) is 10.2 Å². The van der Waals surface area contributed by atoms with E-state index in [-0.39, 0.29) is 5.91 Å². The minimum Gasteiger partial charge on any atom is -0.361 e. The summed E-state index contributed by atoms with van der Waals surface area (Å²) in [7, 11) is 0. The molecule has 20 heavy (non-hydrogen) atoms. The highest BCUT2D eigenvalue weighted by atomic mass is 35.5. The summed E-state index contributed by atoms with van der Waals surface area (Å²) in [6.45, 7) is 6.74. The molecular formula is C16H21ClN2O. The fourth-order valence-electron chi connectivity index (χ4n) is 2.34. The highest BCUT2D eigenvalue weighted by Gasteiger charge is 2.31. The van der Waals surface area contributed by atoms with E-state index < -0.39 is 5.41 Å². The van der Waals surface area contributed by atoms with Gasteiger partial charge in [-0.3, -0.25) is 4.79 Å². The van der Waals surface area contributed by atoms with Gasteiger partial charge in [-0.1, -0.05) is 31.0 Å². The smallest absolute Gasteiger partial charge is 0.230 e. The van der Waals surface area contributed by atoms with Gasteiger partial charge in [0.15, 0.2) is 0 Å². The number of H-pyrrole nitrogens is 1. The molecule has 0 aliphatic carbocycles. The topological polar surface area (TPSA) is 44.9 Å². The number of amides is 1. The van der Waals surface area contributed by atoms with E-state index in [1.807, 2.05) is 38.2 Å². The lowest BCUT2D eigenvalue weighted by molar-refractivity contribution is -0.125. The molecule has 2 rings (SSSR count). The molecular weight excluding hydrogens is 272 g/mol. The van der Waals surface area contributed by atoms with Gasteiger partial charge < -0.3 is 10.3 Å². The average molecular weight is 293 g/mol. The van der Waals surface area contributed by atoms with Gasteiger partial charge >= 0.3 is 0 Å². The number of halogens is 1. The average Bonchev–Trinajstić information content (AvgIpc) is 2.82. The summed E-state index contributed by atoms with van der Waals surface area (Å²) in [5.41, 5.74) is 1.39. The summed E-state index contributed by atoms with van der Waals surface area (Å²) >= 11 is 5.99. The number of aromatic nitrogens is 1. The number of fused-ring (bicyclic) bond motifs is 1. The summed E-state index contributed by atoms with van der Waals surface area (Å²) in [4.78, 5) is 15.6. The summed E-state index contributed by atoms with van der Waals surface area (Å²) < 4.78 is 0. The second-order valence-corrected chi connectivity index (χ2v) is 6.06. The highest BCUT2D eigenvalue weighted by molar-refractivity contribution is 6.31. The predicted molar refractivity (Wildman–Crippen MR) is 84.3 cm³/mol. The predicted octanol–water partition coefficient (Wildman–Crippen LogP) is 4.02. The van der Waals surface area contributed by atoms with Crippen LogP contribution in [0.5, 0.6) is 0 Å². The number of rotatable bonds is 5. The first kappa shape index (κ1) is 14.9. The van der Waals surface area contributed by atoms with Crippen molar-refractivity contribution in [3.05, 3.63) is 35.0 Å². The Morgan fingerprint density at radius 2 is 2.15 bits per heavy atom. The van der Waals surface area contributed by atoms with Crippen LogP contribution in [0.2, 0.25) is 5.02 Å². The van der Waals surface area contributed by atoms with Gasteiger partial charge in [-0.05, 0) is 38.0 Å². The van der Waals surface area contributed by atoms with E-state index in [9.17, 15) is 4.79 Å². The first-order valence-electron chi connectivity index (χ1n) is 7.02. The largest absolute Gasteiger partial charge is 0.361 e. The van der Waals surface area contributed by atoms with Crippen LogP contribution in [0.3, 0.4) is 0 Å². The first-order chi connectivity index (χ1) is 9.46. The Kier molecular flexibility index (Phi) is 4.39. The van der Waals surface area contributed by atoms with E-state index in [4.69, 9.17) is 11.6 Å². The van der Waals surface area contributed by atoms with Gasteiger partial charge in [-0.2, -0.15) is 0 Å². The fraction of sp³-hybridized carbons (Fsp3) is 0.438. The van der Waals surface area contributed by atoms with Crippen LogP contribution in [0.4, 0.5) is 0 Å². The van der Waals surface area contributed by atoms with Crippen molar-refractivity contribution in [1.29, 1.82) is 0 Å². The summed E-state index contributed by atoms with van der Waals surface area (Å²) in [6.07, 6.45) is 3.98. The van der Waals surface area contributed by atoms with Gasteiger partial charge in [0.25, 0.3) is 0 Å². The molecule has 0 spiro atoms. The monoisotopic (exact) mass is 292 g/mol. The van der Waals surface area contributed by atoms with E-state index in [2.05, 4.69) is 17.2 Å². The van der Waals surface area contributed by atoms with Gasteiger partial charge in [0.05, 0.1) is 5.41 Å². The van der Waals surface area contributed by atoms with Crippen molar-refractivity contribution < 1.29 is 4.79 Å². The van der Waals surface area contributed by atoms with E-state index in [0.717, 1.165) is 35.9 Å². The Hall–Kier alpha value is -1.48. The van der Waals surface area contributed by atoms with Gasteiger partial charge in [-0.25, -0.2) is 0 Å². The normalized spacial score (nSPS) is 11.8. The van der Waals surface area contributed by atoms with Crippen molar-refractivity contribution in [2.45, 2.75) is 39.0 Å². The zero-order chi connectivity index (χ0) is 14.8. The lowest BCUT2D eigenvalue weighted by Crippen LogP contribution is -2.40. The number of hydrogen-bond donors (Lipinski definition) is 2. The molecule has 0 aliphatic heterocycles. The number of nitrogens with one attached hydrogen (secondary N) is 2. The van der Waals surface area contributed by atoms with Crippen molar-refractivity contribution in [2.24, 2.45) is 0 Å². The maximum atomic E-state index is 12.4. The molecule has 0 saturated carbocycles. The number of carbonyl (C=O) groups is 1. The van der Waals surface area contributed by atoms with Crippen molar-refractivity contribution in [3.8, 4) is 0 Å². The summed E-state index contributed by atoms with van der Waals surface area (Å²) in [6, 6.07) is 5.70. The van der Waals surface area contributed by atoms with Crippen LogP contribution >= 0.6 is 11.6 Å². The van der Waals surface area contributed by atoms with E-state index in [0.29, 0.717) is 5.02 Å². The Bertz CT molecular complexity index is 616. The molecule has 0 fully saturated rings. The Morgan fingerprint density at radius 3 is 2.85 bits per heavy atom. The molecule has 0 radical (unpaired) electrons. The lowest BCUT2D eigenvalue weighted by atomic mass is 9.83. The molecule has 0 aliphatic rings. The third-order valence-electron chi connectivity index (χ3n) is 3.70. The molecule has 2 N–H and O–H groups in total. The maximum Gasteiger partial charge on any atom is 0.230 e. The fourth-order valence-corrected chi connectivity index (χ4v) is 2.51. The van der Waals surface area contributed by atoms with E-state index in [1.165, 1.54) is 0 Å². The van der Waals surface area contributed by atoms with Crippen molar-refractivity contribution in [3.63, 3.8) is 0 Å². The maximum absolute atomic E-state index is 12.4. The zero-order valence-corrected chi connectivity index (χ0v) is 13.0. The summed E-state index contributed by atoms with van der Waals surface area (Å²) in [5, 5.41) is 4.75.